The number of carbonyl (C=O) groups excluding carboxylic acids is 3. The van der Waals surface area contributed by atoms with Crippen molar-refractivity contribution in [1.82, 2.24) is 15.5 Å². The van der Waals surface area contributed by atoms with Crippen LogP contribution in [0.3, 0.4) is 0 Å². The molecule has 1 aromatic carbocycles. The fourth-order valence-electron chi connectivity index (χ4n) is 4.29. The minimum absolute atomic E-state index is 0.0925. The number of ether oxygens (including phenoxy) is 1. The van der Waals surface area contributed by atoms with Gasteiger partial charge in [-0.1, -0.05) is 44.2 Å². The number of nitrogens with zero attached hydrogens (tertiary/aromatic N) is 1. The zero-order valence-corrected chi connectivity index (χ0v) is 22.0. The SMILES string of the molecule is C#Cc1ccc(C(C(=O)NC2CCCCC2)N(C(=O)C(C)NC(=O)OC(C)(C)C)C(C)CC)cc1. The van der Waals surface area contributed by atoms with Crippen LogP contribution < -0.4 is 10.6 Å². The molecule has 0 bridgehead atoms. The monoisotopic (exact) mass is 483 g/mol. The van der Waals surface area contributed by atoms with E-state index in [1.807, 2.05) is 13.8 Å². The molecule has 2 rings (SSSR count). The predicted octanol–water partition coefficient (Wildman–Crippen LogP) is 4.70. The average Bonchev–Trinajstić information content (AvgIpc) is 2.81. The van der Waals surface area contributed by atoms with Crippen molar-refractivity contribution in [2.75, 3.05) is 0 Å². The topological polar surface area (TPSA) is 87.7 Å². The van der Waals surface area contributed by atoms with Crippen LogP contribution in [-0.2, 0) is 14.3 Å². The molecule has 3 atom stereocenters. The van der Waals surface area contributed by atoms with Gasteiger partial charge in [0.25, 0.3) is 0 Å². The number of carbonyl (C=O) groups is 3. The molecule has 35 heavy (non-hydrogen) atoms. The predicted molar refractivity (Wildman–Crippen MR) is 138 cm³/mol. The molecule has 0 spiro atoms. The Balaban J connectivity index is 2.39. The largest absolute Gasteiger partial charge is 0.444 e. The summed E-state index contributed by atoms with van der Waals surface area (Å²) in [5, 5.41) is 5.82. The first-order chi connectivity index (χ1) is 16.5. The Bertz CT molecular complexity index is 908. The van der Waals surface area contributed by atoms with Gasteiger partial charge < -0.3 is 20.3 Å². The first-order valence-corrected chi connectivity index (χ1v) is 12.7. The summed E-state index contributed by atoms with van der Waals surface area (Å²) in [6.07, 6.45) is 10.7. The van der Waals surface area contributed by atoms with Crippen molar-refractivity contribution in [3.63, 3.8) is 0 Å². The second-order valence-electron chi connectivity index (χ2n) is 10.4. The highest BCUT2D eigenvalue weighted by atomic mass is 16.6. The molecule has 7 heteroatoms. The molecule has 0 saturated heterocycles. The third-order valence-corrected chi connectivity index (χ3v) is 6.29. The van der Waals surface area contributed by atoms with Crippen molar-refractivity contribution in [3.05, 3.63) is 35.4 Å². The molecule has 1 aromatic rings. The van der Waals surface area contributed by atoms with Crippen LogP contribution in [0.1, 0.15) is 97.2 Å². The van der Waals surface area contributed by atoms with Gasteiger partial charge in [-0.2, -0.15) is 0 Å². The molecule has 2 N–H and O–H groups in total. The van der Waals surface area contributed by atoms with Gasteiger partial charge in [-0.3, -0.25) is 9.59 Å². The van der Waals surface area contributed by atoms with E-state index in [9.17, 15) is 14.4 Å². The van der Waals surface area contributed by atoms with E-state index in [1.54, 1.807) is 56.9 Å². The summed E-state index contributed by atoms with van der Waals surface area (Å²) in [5.41, 5.74) is 0.682. The molecular formula is C28H41N3O4. The van der Waals surface area contributed by atoms with Gasteiger partial charge in [0, 0.05) is 17.6 Å². The quantitative estimate of drug-likeness (QED) is 0.525. The van der Waals surface area contributed by atoms with Crippen molar-refractivity contribution in [2.24, 2.45) is 0 Å². The number of rotatable bonds is 8. The summed E-state index contributed by atoms with van der Waals surface area (Å²) in [4.78, 5) is 41.4. The molecule has 1 fully saturated rings. The fourth-order valence-corrected chi connectivity index (χ4v) is 4.29. The Morgan fingerprint density at radius 1 is 1.11 bits per heavy atom. The second kappa shape index (κ2) is 12.6. The summed E-state index contributed by atoms with van der Waals surface area (Å²) in [6, 6.07) is 5.26. The normalized spacial score (nSPS) is 16.8. The smallest absolute Gasteiger partial charge is 0.408 e. The number of benzene rings is 1. The summed E-state index contributed by atoms with van der Waals surface area (Å²) in [5.74, 6) is 2.02. The molecule has 0 aliphatic heterocycles. The number of terminal acetylenes is 1. The Morgan fingerprint density at radius 2 is 1.71 bits per heavy atom. The molecule has 192 valence electrons. The third-order valence-electron chi connectivity index (χ3n) is 6.29. The lowest BCUT2D eigenvalue weighted by Crippen LogP contribution is -2.55. The van der Waals surface area contributed by atoms with E-state index < -0.39 is 23.8 Å². The number of alkyl carbamates (subject to hydrolysis) is 1. The summed E-state index contributed by atoms with van der Waals surface area (Å²) >= 11 is 0. The fraction of sp³-hybridized carbons (Fsp3) is 0.607. The van der Waals surface area contributed by atoms with Crippen molar-refractivity contribution >= 4 is 17.9 Å². The molecule has 7 nitrogen and oxygen atoms in total. The number of hydrogen-bond donors (Lipinski definition) is 2. The lowest BCUT2D eigenvalue weighted by Gasteiger charge is -2.38. The maximum Gasteiger partial charge on any atom is 0.408 e. The van der Waals surface area contributed by atoms with Crippen LogP contribution >= 0.6 is 0 Å². The Kier molecular flexibility index (Phi) is 10.2. The van der Waals surface area contributed by atoms with Crippen LogP contribution in [0.5, 0.6) is 0 Å². The van der Waals surface area contributed by atoms with Crippen LogP contribution in [0.15, 0.2) is 24.3 Å². The van der Waals surface area contributed by atoms with Crippen molar-refractivity contribution in [3.8, 4) is 12.3 Å². The minimum atomic E-state index is -0.881. The van der Waals surface area contributed by atoms with E-state index in [4.69, 9.17) is 11.2 Å². The molecule has 0 aromatic heterocycles. The Morgan fingerprint density at radius 3 is 2.23 bits per heavy atom. The zero-order valence-electron chi connectivity index (χ0n) is 22.0. The molecule has 1 saturated carbocycles. The highest BCUT2D eigenvalue weighted by Gasteiger charge is 2.37. The van der Waals surface area contributed by atoms with Gasteiger partial charge in [0.2, 0.25) is 11.8 Å². The van der Waals surface area contributed by atoms with E-state index in [-0.39, 0.29) is 23.9 Å². The van der Waals surface area contributed by atoms with Gasteiger partial charge >= 0.3 is 6.09 Å². The first-order valence-electron chi connectivity index (χ1n) is 12.7. The molecule has 3 unspecified atom stereocenters. The van der Waals surface area contributed by atoms with Crippen molar-refractivity contribution in [2.45, 2.75) is 110 Å². The van der Waals surface area contributed by atoms with Crippen LogP contribution in [0.25, 0.3) is 0 Å². The van der Waals surface area contributed by atoms with Gasteiger partial charge in [0.15, 0.2) is 0 Å². The molecule has 0 radical (unpaired) electrons. The lowest BCUT2D eigenvalue weighted by molar-refractivity contribution is -0.145. The van der Waals surface area contributed by atoms with E-state index >= 15 is 0 Å². The summed E-state index contributed by atoms with van der Waals surface area (Å²) < 4.78 is 5.32. The van der Waals surface area contributed by atoms with Gasteiger partial charge in [-0.25, -0.2) is 4.79 Å². The van der Waals surface area contributed by atoms with Gasteiger partial charge in [0.1, 0.15) is 17.7 Å². The van der Waals surface area contributed by atoms with Gasteiger partial charge in [-0.05, 0) is 71.6 Å². The zero-order chi connectivity index (χ0) is 26.2. The molecule has 1 aliphatic rings. The summed E-state index contributed by atoms with van der Waals surface area (Å²) in [7, 11) is 0. The van der Waals surface area contributed by atoms with Crippen LogP contribution in [-0.4, -0.2) is 46.5 Å². The summed E-state index contributed by atoms with van der Waals surface area (Å²) in [6.45, 7) is 10.8. The number of hydrogen-bond acceptors (Lipinski definition) is 4. The van der Waals surface area contributed by atoms with E-state index in [2.05, 4.69) is 16.6 Å². The standard InChI is InChI=1S/C28H41N3O4/c1-8-19(3)31(26(33)20(4)29-27(34)35-28(5,6)7)24(22-17-15-21(9-2)16-18-22)25(32)30-23-13-11-10-12-14-23/h2,15-20,23-24H,8,10-14H2,1,3-7H3,(H,29,34)(H,30,32). The lowest BCUT2D eigenvalue weighted by atomic mass is 9.94. The van der Waals surface area contributed by atoms with Crippen molar-refractivity contribution < 1.29 is 19.1 Å². The maximum atomic E-state index is 13.7. The Hall–Kier alpha value is -3.01. The Labute approximate surface area is 210 Å². The first kappa shape index (κ1) is 28.2. The second-order valence-corrected chi connectivity index (χ2v) is 10.4. The number of nitrogens with one attached hydrogen (secondary N) is 2. The molecule has 3 amide bonds. The van der Waals surface area contributed by atoms with E-state index in [0.29, 0.717) is 17.5 Å². The highest BCUT2D eigenvalue weighted by molar-refractivity contribution is 5.92. The van der Waals surface area contributed by atoms with Crippen molar-refractivity contribution in [1.29, 1.82) is 0 Å². The van der Waals surface area contributed by atoms with Crippen LogP contribution in [0.2, 0.25) is 0 Å². The number of amides is 3. The van der Waals surface area contributed by atoms with E-state index in [0.717, 1.165) is 25.7 Å². The minimum Gasteiger partial charge on any atom is -0.444 e. The van der Waals surface area contributed by atoms with E-state index in [1.165, 1.54) is 6.42 Å². The molecular weight excluding hydrogens is 442 g/mol. The molecule has 1 aliphatic carbocycles. The highest BCUT2D eigenvalue weighted by Crippen LogP contribution is 2.28. The van der Waals surface area contributed by atoms with Crippen LogP contribution in [0, 0.1) is 12.3 Å². The molecule has 0 heterocycles. The maximum absolute atomic E-state index is 13.7. The van der Waals surface area contributed by atoms with Gasteiger partial charge in [-0.15, -0.1) is 6.42 Å². The third kappa shape index (κ3) is 8.31. The van der Waals surface area contributed by atoms with Crippen LogP contribution in [0.4, 0.5) is 4.79 Å². The average molecular weight is 484 g/mol. The van der Waals surface area contributed by atoms with Gasteiger partial charge in [0.05, 0.1) is 0 Å².